The molecule has 1 amide bonds. The number of amides is 1. The molecule has 0 spiro atoms. The minimum Gasteiger partial charge on any atom is -1.00 e. The van der Waals surface area contributed by atoms with Gasteiger partial charge in [0, 0.05) is 13.1 Å². The predicted octanol–water partition coefficient (Wildman–Crippen LogP) is -2.26. The number of rotatable bonds is 1. The summed E-state index contributed by atoms with van der Waals surface area (Å²) < 4.78 is 5.22. The maximum Gasteiger partial charge on any atom is 1.00 e. The molecule has 1 heterocycles. The van der Waals surface area contributed by atoms with Crippen molar-refractivity contribution in [1.29, 1.82) is 0 Å². The summed E-state index contributed by atoms with van der Waals surface area (Å²) in [7, 11) is 1.74. The number of carbonyl (C=O) groups is 2. The topological polar surface area (TPSA) is 70.1 Å². The maximum atomic E-state index is 11.8. The number of nitrogens with zero attached hydrogens (tertiary/aromatic N) is 2. The number of carboxylic acid groups (broad SMARTS) is 1. The number of hydrogen-bond donors (Lipinski definition) is 1. The van der Waals surface area contributed by atoms with Crippen LogP contribution in [0.5, 0.6) is 0 Å². The van der Waals surface area contributed by atoms with Gasteiger partial charge in [-0.05, 0) is 27.8 Å². The second-order valence-corrected chi connectivity index (χ2v) is 5.26. The summed E-state index contributed by atoms with van der Waals surface area (Å²) in [6.45, 7) is 6.56. The Hall–Kier alpha value is -0.703. The normalized spacial score (nSPS) is 21.1. The van der Waals surface area contributed by atoms with Crippen molar-refractivity contribution in [2.45, 2.75) is 32.4 Å². The average molecular weight is 252 g/mol. The van der Waals surface area contributed by atoms with Crippen molar-refractivity contribution in [3.63, 3.8) is 0 Å². The third-order valence-electron chi connectivity index (χ3n) is 2.58. The number of hydrogen-bond acceptors (Lipinski definition) is 4. The largest absolute Gasteiger partial charge is 1.00 e. The Balaban J connectivity index is 0. The zero-order valence-electron chi connectivity index (χ0n) is 12.8. The van der Waals surface area contributed by atoms with Crippen LogP contribution >= 0.6 is 0 Å². The van der Waals surface area contributed by atoms with Crippen LogP contribution in [-0.2, 0) is 9.53 Å². The number of ether oxygens (including phenoxy) is 1. The van der Waals surface area contributed by atoms with E-state index in [1.807, 2.05) is 0 Å². The van der Waals surface area contributed by atoms with Gasteiger partial charge in [-0.2, -0.15) is 0 Å². The van der Waals surface area contributed by atoms with Crippen LogP contribution in [0.3, 0.4) is 0 Å². The van der Waals surface area contributed by atoms with E-state index >= 15 is 0 Å². The standard InChI is InChI=1S/C11H20N2O4.Li.H/c1-11(2,3)17-10(16)13-6-5-12(4)8(7-13)9(14)15;;/h8H,5-7H2,1-4H3,(H,14,15);;/q;+1;-1/t8-;;/m1../s1. The van der Waals surface area contributed by atoms with Crippen molar-refractivity contribution in [3.8, 4) is 0 Å². The fourth-order valence-electron chi connectivity index (χ4n) is 1.63. The van der Waals surface area contributed by atoms with Crippen LogP contribution in [0.2, 0.25) is 0 Å². The third kappa shape index (κ3) is 4.89. The van der Waals surface area contributed by atoms with E-state index in [4.69, 9.17) is 9.84 Å². The number of piperazine rings is 1. The van der Waals surface area contributed by atoms with Crippen LogP contribution in [-0.4, -0.2) is 65.3 Å². The zero-order valence-corrected chi connectivity index (χ0v) is 11.8. The molecule has 0 aliphatic carbocycles. The Morgan fingerprint density at radius 2 is 1.89 bits per heavy atom. The van der Waals surface area contributed by atoms with Gasteiger partial charge in [0.05, 0.1) is 6.54 Å². The van der Waals surface area contributed by atoms with Crippen molar-refractivity contribution in [2.24, 2.45) is 0 Å². The van der Waals surface area contributed by atoms with Crippen LogP contribution in [0.25, 0.3) is 0 Å². The molecule has 1 N–H and O–H groups in total. The van der Waals surface area contributed by atoms with Crippen molar-refractivity contribution < 1.29 is 39.7 Å². The minimum atomic E-state index is -0.916. The van der Waals surface area contributed by atoms with E-state index in [1.165, 1.54) is 4.90 Å². The van der Waals surface area contributed by atoms with Gasteiger partial charge in [0.1, 0.15) is 11.6 Å². The van der Waals surface area contributed by atoms with Crippen molar-refractivity contribution in [2.75, 3.05) is 26.7 Å². The number of carbonyl (C=O) groups excluding carboxylic acids is 1. The smallest absolute Gasteiger partial charge is 1.00 e. The quantitative estimate of drug-likeness (QED) is 0.533. The number of likely N-dealkylation sites (N-methyl/N-ethyl adjacent to an activating group) is 1. The van der Waals surface area contributed by atoms with Crippen LogP contribution in [0, 0.1) is 0 Å². The fourth-order valence-corrected chi connectivity index (χ4v) is 1.63. The Bertz CT molecular complexity index is 322. The molecule has 100 valence electrons. The monoisotopic (exact) mass is 252 g/mol. The Morgan fingerprint density at radius 1 is 1.33 bits per heavy atom. The molecule has 7 heteroatoms. The SMILES string of the molecule is CN1CCN(C(=O)OC(C)(C)C)C[C@@H]1C(=O)O.[H-].[Li+]. The molecule has 1 rings (SSSR count). The van der Waals surface area contributed by atoms with E-state index in [2.05, 4.69) is 0 Å². The van der Waals surface area contributed by atoms with Crippen LogP contribution in [0.4, 0.5) is 4.79 Å². The van der Waals surface area contributed by atoms with Gasteiger partial charge in [0.15, 0.2) is 0 Å². The molecule has 1 aliphatic rings. The Morgan fingerprint density at radius 3 is 2.33 bits per heavy atom. The predicted molar refractivity (Wildman–Crippen MR) is 63.0 cm³/mol. The van der Waals surface area contributed by atoms with Crippen LogP contribution < -0.4 is 18.9 Å². The maximum absolute atomic E-state index is 11.8. The molecule has 0 unspecified atom stereocenters. The zero-order chi connectivity index (χ0) is 13.2. The molecule has 0 aromatic carbocycles. The van der Waals surface area contributed by atoms with Crippen molar-refractivity contribution in [1.82, 2.24) is 9.80 Å². The molecule has 18 heavy (non-hydrogen) atoms. The molecule has 1 aliphatic heterocycles. The molecular weight excluding hydrogens is 231 g/mol. The molecule has 0 aromatic heterocycles. The van der Waals surface area contributed by atoms with Gasteiger partial charge >= 0.3 is 30.9 Å². The van der Waals surface area contributed by atoms with Gasteiger partial charge in [-0.25, -0.2) is 4.79 Å². The molecule has 1 fully saturated rings. The second-order valence-electron chi connectivity index (χ2n) is 5.26. The van der Waals surface area contributed by atoms with E-state index in [9.17, 15) is 9.59 Å². The van der Waals surface area contributed by atoms with Crippen molar-refractivity contribution >= 4 is 12.1 Å². The average Bonchev–Trinajstić information content (AvgIpc) is 2.14. The summed E-state index contributed by atoms with van der Waals surface area (Å²) in [6.07, 6.45) is -0.447. The van der Waals surface area contributed by atoms with Gasteiger partial charge in [-0.3, -0.25) is 9.69 Å². The van der Waals surface area contributed by atoms with Gasteiger partial charge in [0.25, 0.3) is 0 Å². The summed E-state index contributed by atoms with van der Waals surface area (Å²) in [5, 5.41) is 9.02. The summed E-state index contributed by atoms with van der Waals surface area (Å²) in [6, 6.07) is -0.656. The molecule has 0 aromatic rings. The first kappa shape index (κ1) is 17.3. The third-order valence-corrected chi connectivity index (χ3v) is 2.58. The molecule has 0 radical (unpaired) electrons. The molecule has 6 nitrogen and oxygen atoms in total. The minimum absolute atomic E-state index is 0. The first-order chi connectivity index (χ1) is 7.70. The summed E-state index contributed by atoms with van der Waals surface area (Å²) in [5.41, 5.74) is -0.556. The molecular formula is C11H21LiN2O4. The molecule has 0 bridgehead atoms. The summed E-state index contributed by atoms with van der Waals surface area (Å²) in [5.74, 6) is -0.916. The van der Waals surface area contributed by atoms with E-state index in [1.54, 1.807) is 32.7 Å². The number of aliphatic carboxylic acids is 1. The van der Waals surface area contributed by atoms with E-state index < -0.39 is 23.7 Å². The Labute approximate surface area is 121 Å². The van der Waals surface area contributed by atoms with Crippen LogP contribution in [0.1, 0.15) is 22.2 Å². The first-order valence-corrected chi connectivity index (χ1v) is 5.61. The summed E-state index contributed by atoms with van der Waals surface area (Å²) >= 11 is 0. The van der Waals surface area contributed by atoms with Gasteiger partial charge in [-0.15, -0.1) is 0 Å². The molecule has 0 saturated carbocycles. The van der Waals surface area contributed by atoms with Gasteiger partial charge in [-0.1, -0.05) is 0 Å². The first-order valence-electron chi connectivity index (χ1n) is 5.61. The Kier molecular flexibility index (Phi) is 6.21. The van der Waals surface area contributed by atoms with Crippen LogP contribution in [0.15, 0.2) is 0 Å². The van der Waals surface area contributed by atoms with E-state index in [0.717, 1.165) is 0 Å². The van der Waals surface area contributed by atoms with Gasteiger partial charge in [0.2, 0.25) is 0 Å². The van der Waals surface area contributed by atoms with Gasteiger partial charge < -0.3 is 16.2 Å². The molecule has 1 saturated heterocycles. The molecule has 1 atom stereocenters. The number of carboxylic acids is 1. The van der Waals surface area contributed by atoms with E-state index in [0.29, 0.717) is 13.1 Å². The second kappa shape index (κ2) is 6.46. The van der Waals surface area contributed by atoms with E-state index in [-0.39, 0.29) is 26.8 Å². The van der Waals surface area contributed by atoms with Crippen molar-refractivity contribution in [3.05, 3.63) is 0 Å². The fraction of sp³-hybridized carbons (Fsp3) is 0.818. The summed E-state index contributed by atoms with van der Waals surface area (Å²) in [4.78, 5) is 26.0.